The lowest BCUT2D eigenvalue weighted by Gasteiger charge is -2.00. The Labute approximate surface area is 131 Å². The van der Waals surface area contributed by atoms with Crippen LogP contribution in [0.5, 0.6) is 0 Å². The molecule has 3 aromatic rings. The summed E-state index contributed by atoms with van der Waals surface area (Å²) in [7, 11) is 0. The van der Waals surface area contributed by atoms with E-state index in [1.807, 2.05) is 35.7 Å². The number of benzene rings is 1. The van der Waals surface area contributed by atoms with Crippen LogP contribution in [0.1, 0.15) is 5.56 Å². The predicted molar refractivity (Wildman–Crippen MR) is 89.7 cm³/mol. The van der Waals surface area contributed by atoms with Crippen molar-refractivity contribution in [2.75, 3.05) is 11.6 Å². The van der Waals surface area contributed by atoms with Gasteiger partial charge in [-0.3, -0.25) is 0 Å². The molecule has 0 aliphatic rings. The first-order chi connectivity index (χ1) is 10.3. The van der Waals surface area contributed by atoms with Gasteiger partial charge in [0, 0.05) is 5.75 Å². The molecule has 0 saturated carbocycles. The van der Waals surface area contributed by atoms with E-state index in [0.717, 1.165) is 15.8 Å². The van der Waals surface area contributed by atoms with E-state index in [2.05, 4.69) is 34.5 Å². The van der Waals surface area contributed by atoms with E-state index < -0.39 is 0 Å². The standard InChI is InChI=1S/C15H14N4S2/c16-19-14(13-9-5-10-20-13)17-18-15(19)21-11-4-8-12-6-2-1-3-7-12/h1-10H,11,16H2/b8-4+. The zero-order valence-electron chi connectivity index (χ0n) is 11.2. The lowest BCUT2D eigenvalue weighted by atomic mass is 10.2. The molecule has 0 radical (unpaired) electrons. The summed E-state index contributed by atoms with van der Waals surface area (Å²) in [6.07, 6.45) is 4.18. The average Bonchev–Trinajstić information content (AvgIpc) is 3.15. The van der Waals surface area contributed by atoms with Gasteiger partial charge in [0.25, 0.3) is 0 Å². The van der Waals surface area contributed by atoms with Crippen LogP contribution in [-0.2, 0) is 0 Å². The molecule has 0 aliphatic carbocycles. The minimum Gasteiger partial charge on any atom is -0.335 e. The molecule has 0 unspecified atom stereocenters. The SMILES string of the molecule is Nn1c(SC/C=C/c2ccccc2)nnc1-c1cccs1. The molecule has 0 atom stereocenters. The lowest BCUT2D eigenvalue weighted by molar-refractivity contribution is 0.852. The summed E-state index contributed by atoms with van der Waals surface area (Å²) in [5, 5.41) is 11.0. The molecular weight excluding hydrogens is 300 g/mol. The second-order valence-electron chi connectivity index (χ2n) is 4.28. The fourth-order valence-corrected chi connectivity index (χ4v) is 3.19. The van der Waals surface area contributed by atoms with Gasteiger partial charge in [-0.1, -0.05) is 60.3 Å². The molecule has 0 bridgehead atoms. The Balaban J connectivity index is 1.63. The van der Waals surface area contributed by atoms with Gasteiger partial charge >= 0.3 is 0 Å². The van der Waals surface area contributed by atoms with Crippen LogP contribution >= 0.6 is 23.1 Å². The third-order valence-electron chi connectivity index (χ3n) is 2.82. The number of rotatable bonds is 5. The van der Waals surface area contributed by atoms with Crippen molar-refractivity contribution in [3.8, 4) is 10.7 Å². The Kier molecular flexibility index (Phi) is 4.37. The van der Waals surface area contributed by atoms with Gasteiger partial charge in [0.05, 0.1) is 4.88 Å². The van der Waals surface area contributed by atoms with Gasteiger partial charge in [0.1, 0.15) is 0 Å². The molecule has 4 nitrogen and oxygen atoms in total. The number of hydrogen-bond donors (Lipinski definition) is 1. The number of hydrogen-bond acceptors (Lipinski definition) is 5. The quantitative estimate of drug-likeness (QED) is 0.578. The van der Waals surface area contributed by atoms with Crippen LogP contribution in [0.3, 0.4) is 0 Å². The summed E-state index contributed by atoms with van der Waals surface area (Å²) in [6, 6.07) is 14.2. The fraction of sp³-hybridized carbons (Fsp3) is 0.0667. The largest absolute Gasteiger partial charge is 0.335 e. The van der Waals surface area contributed by atoms with Crippen LogP contribution in [0, 0.1) is 0 Å². The molecule has 106 valence electrons. The summed E-state index contributed by atoms with van der Waals surface area (Å²) < 4.78 is 1.55. The number of thioether (sulfide) groups is 1. The maximum atomic E-state index is 6.04. The minimum atomic E-state index is 0.708. The Morgan fingerprint density at radius 1 is 1.14 bits per heavy atom. The van der Waals surface area contributed by atoms with Crippen molar-refractivity contribution in [2.24, 2.45) is 0 Å². The average molecular weight is 314 g/mol. The van der Waals surface area contributed by atoms with Crippen molar-refractivity contribution >= 4 is 29.2 Å². The Morgan fingerprint density at radius 2 is 2.00 bits per heavy atom. The van der Waals surface area contributed by atoms with E-state index in [9.17, 15) is 0 Å². The molecule has 2 heterocycles. The van der Waals surface area contributed by atoms with E-state index >= 15 is 0 Å². The normalized spacial score (nSPS) is 11.2. The van der Waals surface area contributed by atoms with E-state index in [-0.39, 0.29) is 0 Å². The molecule has 2 N–H and O–H groups in total. The zero-order chi connectivity index (χ0) is 14.5. The minimum absolute atomic E-state index is 0.708. The molecule has 2 aromatic heterocycles. The number of nitrogen functional groups attached to an aromatic ring is 1. The second kappa shape index (κ2) is 6.60. The molecule has 6 heteroatoms. The summed E-state index contributed by atoms with van der Waals surface area (Å²) in [5.74, 6) is 7.55. The first-order valence-electron chi connectivity index (χ1n) is 6.43. The van der Waals surface area contributed by atoms with Gasteiger partial charge in [0.2, 0.25) is 5.16 Å². The van der Waals surface area contributed by atoms with Gasteiger partial charge in [0.15, 0.2) is 5.82 Å². The van der Waals surface area contributed by atoms with Crippen molar-refractivity contribution in [1.29, 1.82) is 0 Å². The van der Waals surface area contributed by atoms with E-state index in [0.29, 0.717) is 5.82 Å². The molecule has 21 heavy (non-hydrogen) atoms. The topological polar surface area (TPSA) is 56.7 Å². The first-order valence-corrected chi connectivity index (χ1v) is 8.30. The maximum Gasteiger partial charge on any atom is 0.210 e. The molecule has 1 aromatic carbocycles. The van der Waals surface area contributed by atoms with Crippen molar-refractivity contribution < 1.29 is 0 Å². The Hall–Kier alpha value is -2.05. The first kappa shape index (κ1) is 13.9. The lowest BCUT2D eigenvalue weighted by Crippen LogP contribution is -2.11. The Morgan fingerprint density at radius 3 is 2.76 bits per heavy atom. The van der Waals surface area contributed by atoms with Crippen molar-refractivity contribution in [1.82, 2.24) is 14.9 Å². The second-order valence-corrected chi connectivity index (χ2v) is 6.21. The van der Waals surface area contributed by atoms with Gasteiger partial charge in [-0.05, 0) is 17.0 Å². The van der Waals surface area contributed by atoms with Crippen LogP contribution < -0.4 is 5.84 Å². The van der Waals surface area contributed by atoms with Gasteiger partial charge < -0.3 is 5.84 Å². The van der Waals surface area contributed by atoms with E-state index in [1.54, 1.807) is 27.8 Å². The van der Waals surface area contributed by atoms with Crippen molar-refractivity contribution in [3.05, 3.63) is 59.5 Å². The molecule has 0 saturated heterocycles. The third kappa shape index (κ3) is 3.34. The molecule has 0 aliphatic heterocycles. The molecule has 0 amide bonds. The molecule has 0 fully saturated rings. The van der Waals surface area contributed by atoms with E-state index in [4.69, 9.17) is 5.84 Å². The third-order valence-corrected chi connectivity index (χ3v) is 4.59. The highest BCUT2D eigenvalue weighted by molar-refractivity contribution is 7.99. The van der Waals surface area contributed by atoms with Crippen molar-refractivity contribution in [2.45, 2.75) is 5.16 Å². The van der Waals surface area contributed by atoms with Crippen LogP contribution in [0.15, 0.2) is 59.1 Å². The van der Waals surface area contributed by atoms with Crippen LogP contribution in [0.25, 0.3) is 16.8 Å². The molecule has 0 spiro atoms. The monoisotopic (exact) mass is 314 g/mol. The van der Waals surface area contributed by atoms with E-state index in [1.165, 1.54) is 5.56 Å². The maximum absolute atomic E-state index is 6.04. The Bertz CT molecular complexity index is 717. The van der Waals surface area contributed by atoms with Crippen molar-refractivity contribution in [3.63, 3.8) is 0 Å². The smallest absolute Gasteiger partial charge is 0.210 e. The fourth-order valence-electron chi connectivity index (χ4n) is 1.82. The summed E-state index contributed by atoms with van der Waals surface area (Å²) in [5.41, 5.74) is 1.19. The summed E-state index contributed by atoms with van der Waals surface area (Å²) >= 11 is 3.17. The molecule has 3 rings (SSSR count). The van der Waals surface area contributed by atoms with Crippen LogP contribution in [-0.4, -0.2) is 20.6 Å². The summed E-state index contributed by atoms with van der Waals surface area (Å²) in [4.78, 5) is 1.02. The number of aromatic nitrogens is 3. The number of thiophene rings is 1. The van der Waals surface area contributed by atoms with Gasteiger partial charge in [-0.2, -0.15) is 0 Å². The highest BCUT2D eigenvalue weighted by Crippen LogP contribution is 2.25. The van der Waals surface area contributed by atoms with Crippen LogP contribution in [0.4, 0.5) is 0 Å². The highest BCUT2D eigenvalue weighted by Gasteiger charge is 2.11. The predicted octanol–water partition coefficient (Wildman–Crippen LogP) is 3.53. The van der Waals surface area contributed by atoms with Crippen LogP contribution in [0.2, 0.25) is 0 Å². The molecular formula is C15H14N4S2. The summed E-state index contributed by atoms with van der Waals surface area (Å²) in [6.45, 7) is 0. The van der Waals surface area contributed by atoms with Gasteiger partial charge in [-0.15, -0.1) is 21.5 Å². The number of nitrogens with two attached hydrogens (primary N) is 1. The number of nitrogens with zero attached hydrogens (tertiary/aromatic N) is 3. The van der Waals surface area contributed by atoms with Gasteiger partial charge in [-0.25, -0.2) is 4.68 Å². The highest BCUT2D eigenvalue weighted by atomic mass is 32.2. The zero-order valence-corrected chi connectivity index (χ0v) is 12.8.